The van der Waals surface area contributed by atoms with Crippen LogP contribution in [0.4, 0.5) is 0 Å². The van der Waals surface area contributed by atoms with Gasteiger partial charge in [-0.2, -0.15) is 0 Å². The summed E-state index contributed by atoms with van der Waals surface area (Å²) in [5.41, 5.74) is 11.3. The van der Waals surface area contributed by atoms with Gasteiger partial charge in [0.25, 0.3) is 5.88 Å². The molecule has 1 aromatic heterocycles. The van der Waals surface area contributed by atoms with E-state index < -0.39 is 5.91 Å². The average Bonchev–Trinajstić information content (AvgIpc) is 2.69. The maximum Gasteiger partial charge on any atom is 0.262 e. The lowest BCUT2D eigenvalue weighted by molar-refractivity contribution is 0.100. The first-order chi connectivity index (χ1) is 7.74. The summed E-state index contributed by atoms with van der Waals surface area (Å²) in [6, 6.07) is 4.95. The molecule has 0 atom stereocenters. The van der Waals surface area contributed by atoms with Gasteiger partial charge in [0, 0.05) is 6.54 Å². The molecule has 0 fully saturated rings. The number of carbonyl (C=O) groups excluding carboxylic acids is 1. The molecule has 84 valence electrons. The van der Waals surface area contributed by atoms with Gasteiger partial charge < -0.3 is 20.7 Å². The van der Waals surface area contributed by atoms with E-state index in [0.29, 0.717) is 29.7 Å². The number of carbonyl (C=O) groups is 1. The first kappa shape index (κ1) is 10.4. The predicted octanol–water partition coefficient (Wildman–Crippen LogP) is 0.264. The summed E-state index contributed by atoms with van der Waals surface area (Å²) < 4.78 is 10.3. The predicted molar refractivity (Wildman–Crippen MR) is 57.1 cm³/mol. The van der Waals surface area contributed by atoms with Crippen LogP contribution in [0.3, 0.4) is 0 Å². The number of hydrogen-bond donors (Lipinski definition) is 2. The standard InChI is InChI=1S/C10H11N3O3/c11-4-5-15-10-8-6(9(12)14)2-1-3-7(8)16-13-10/h1-3H,4-5,11H2,(H2,12,14). The molecule has 2 aromatic rings. The van der Waals surface area contributed by atoms with Crippen LogP contribution in [0.5, 0.6) is 5.88 Å². The number of benzene rings is 1. The third kappa shape index (κ3) is 1.70. The fourth-order valence-electron chi connectivity index (χ4n) is 1.42. The second kappa shape index (κ2) is 4.19. The molecule has 1 aromatic carbocycles. The maximum absolute atomic E-state index is 11.2. The molecule has 0 saturated heterocycles. The zero-order valence-electron chi connectivity index (χ0n) is 8.47. The zero-order valence-corrected chi connectivity index (χ0v) is 8.47. The van der Waals surface area contributed by atoms with E-state index in [1.807, 2.05) is 0 Å². The summed E-state index contributed by atoms with van der Waals surface area (Å²) in [6.45, 7) is 0.655. The van der Waals surface area contributed by atoms with Crippen LogP contribution < -0.4 is 16.2 Å². The van der Waals surface area contributed by atoms with Gasteiger partial charge in [0.15, 0.2) is 5.58 Å². The molecule has 6 heteroatoms. The fourth-order valence-corrected chi connectivity index (χ4v) is 1.42. The van der Waals surface area contributed by atoms with Gasteiger partial charge in [-0.25, -0.2) is 0 Å². The molecule has 0 aliphatic carbocycles. The molecule has 4 N–H and O–H groups in total. The van der Waals surface area contributed by atoms with Gasteiger partial charge in [0.1, 0.15) is 6.61 Å². The molecule has 16 heavy (non-hydrogen) atoms. The summed E-state index contributed by atoms with van der Waals surface area (Å²) in [5, 5.41) is 4.20. The zero-order chi connectivity index (χ0) is 11.5. The summed E-state index contributed by atoms with van der Waals surface area (Å²) in [4.78, 5) is 11.2. The molecule has 0 unspecified atom stereocenters. The highest BCUT2D eigenvalue weighted by Gasteiger charge is 2.16. The Bertz CT molecular complexity index is 521. The van der Waals surface area contributed by atoms with Crippen molar-refractivity contribution in [2.24, 2.45) is 11.5 Å². The number of rotatable bonds is 4. The molecule has 0 saturated carbocycles. The molecule has 0 aliphatic heterocycles. The Balaban J connectivity index is 2.54. The van der Waals surface area contributed by atoms with E-state index >= 15 is 0 Å². The first-order valence-corrected chi connectivity index (χ1v) is 4.75. The number of nitrogens with zero attached hydrogens (tertiary/aromatic N) is 1. The molecule has 2 rings (SSSR count). The second-order valence-corrected chi connectivity index (χ2v) is 3.17. The molecule has 0 bridgehead atoms. The van der Waals surface area contributed by atoms with Gasteiger partial charge in [-0.1, -0.05) is 6.07 Å². The Hall–Kier alpha value is -2.08. The Morgan fingerprint density at radius 1 is 1.50 bits per heavy atom. The Morgan fingerprint density at radius 3 is 3.00 bits per heavy atom. The van der Waals surface area contributed by atoms with Crippen LogP contribution in [-0.4, -0.2) is 24.2 Å². The van der Waals surface area contributed by atoms with Crippen LogP contribution in [0.15, 0.2) is 22.7 Å². The van der Waals surface area contributed by atoms with Crippen molar-refractivity contribution in [3.05, 3.63) is 23.8 Å². The number of aromatic nitrogens is 1. The number of amides is 1. The van der Waals surface area contributed by atoms with Crippen LogP contribution in [0, 0.1) is 0 Å². The van der Waals surface area contributed by atoms with Crippen LogP contribution in [0.25, 0.3) is 11.0 Å². The lowest BCUT2D eigenvalue weighted by Gasteiger charge is -2.01. The molecule has 1 amide bonds. The van der Waals surface area contributed by atoms with Crippen molar-refractivity contribution >= 4 is 16.9 Å². The van der Waals surface area contributed by atoms with Crippen molar-refractivity contribution < 1.29 is 14.1 Å². The average molecular weight is 221 g/mol. The van der Waals surface area contributed by atoms with Crippen LogP contribution in [0.1, 0.15) is 10.4 Å². The highest BCUT2D eigenvalue weighted by Crippen LogP contribution is 2.27. The highest BCUT2D eigenvalue weighted by atomic mass is 16.5. The van der Waals surface area contributed by atoms with Crippen LogP contribution >= 0.6 is 0 Å². The van der Waals surface area contributed by atoms with Gasteiger partial charge in [-0.3, -0.25) is 4.79 Å². The van der Waals surface area contributed by atoms with E-state index in [9.17, 15) is 4.79 Å². The summed E-state index contributed by atoms with van der Waals surface area (Å²) in [6.07, 6.45) is 0. The number of nitrogens with two attached hydrogens (primary N) is 2. The third-order valence-electron chi connectivity index (χ3n) is 2.09. The first-order valence-electron chi connectivity index (χ1n) is 4.75. The molecule has 0 radical (unpaired) electrons. The second-order valence-electron chi connectivity index (χ2n) is 3.17. The normalized spacial score (nSPS) is 10.6. The third-order valence-corrected chi connectivity index (χ3v) is 2.09. The van der Waals surface area contributed by atoms with Crippen LogP contribution in [-0.2, 0) is 0 Å². The number of hydrogen-bond acceptors (Lipinski definition) is 5. The molecule has 1 heterocycles. The summed E-state index contributed by atoms with van der Waals surface area (Å²) >= 11 is 0. The monoisotopic (exact) mass is 221 g/mol. The number of ether oxygens (including phenoxy) is 1. The highest BCUT2D eigenvalue weighted by molar-refractivity contribution is 6.06. The topological polar surface area (TPSA) is 104 Å². The van der Waals surface area contributed by atoms with E-state index in [-0.39, 0.29) is 5.88 Å². The van der Waals surface area contributed by atoms with Crippen molar-refractivity contribution in [2.45, 2.75) is 0 Å². The molecule has 0 spiro atoms. The summed E-state index contributed by atoms with van der Waals surface area (Å²) in [7, 11) is 0. The minimum atomic E-state index is -0.550. The van der Waals surface area contributed by atoms with E-state index in [1.165, 1.54) is 0 Å². The van der Waals surface area contributed by atoms with Crippen LogP contribution in [0.2, 0.25) is 0 Å². The van der Waals surface area contributed by atoms with Crippen molar-refractivity contribution in [3.8, 4) is 5.88 Å². The lowest BCUT2D eigenvalue weighted by Crippen LogP contribution is -2.13. The maximum atomic E-state index is 11.2. The van der Waals surface area contributed by atoms with E-state index in [4.69, 9.17) is 20.7 Å². The van der Waals surface area contributed by atoms with Crippen molar-refractivity contribution in [1.82, 2.24) is 5.16 Å². The van der Waals surface area contributed by atoms with Crippen molar-refractivity contribution in [1.29, 1.82) is 0 Å². The van der Waals surface area contributed by atoms with E-state index in [2.05, 4.69) is 5.16 Å². The molecule has 0 aliphatic rings. The molecule has 6 nitrogen and oxygen atoms in total. The SMILES string of the molecule is NCCOc1noc2cccc(C(N)=O)c12. The quantitative estimate of drug-likeness (QED) is 0.770. The smallest absolute Gasteiger partial charge is 0.262 e. The minimum Gasteiger partial charge on any atom is -0.474 e. The van der Waals surface area contributed by atoms with E-state index in [1.54, 1.807) is 18.2 Å². The minimum absolute atomic E-state index is 0.245. The number of primary amides is 1. The van der Waals surface area contributed by atoms with Crippen molar-refractivity contribution in [3.63, 3.8) is 0 Å². The Morgan fingerprint density at radius 2 is 2.31 bits per heavy atom. The van der Waals surface area contributed by atoms with Crippen molar-refractivity contribution in [2.75, 3.05) is 13.2 Å². The van der Waals surface area contributed by atoms with Gasteiger partial charge in [0.05, 0.1) is 10.9 Å². The van der Waals surface area contributed by atoms with Gasteiger partial charge in [0.2, 0.25) is 5.91 Å². The largest absolute Gasteiger partial charge is 0.474 e. The molecular weight excluding hydrogens is 210 g/mol. The Labute approximate surface area is 91.1 Å². The van der Waals surface area contributed by atoms with Gasteiger partial charge in [-0.15, -0.1) is 0 Å². The molecular formula is C10H11N3O3. The lowest BCUT2D eigenvalue weighted by atomic mass is 10.1. The summed E-state index contributed by atoms with van der Waals surface area (Å²) in [5.74, 6) is -0.304. The Kier molecular flexibility index (Phi) is 2.74. The van der Waals surface area contributed by atoms with E-state index in [0.717, 1.165) is 0 Å². The fraction of sp³-hybridized carbons (Fsp3) is 0.200. The number of fused-ring (bicyclic) bond motifs is 1. The van der Waals surface area contributed by atoms with Gasteiger partial charge >= 0.3 is 0 Å². The van der Waals surface area contributed by atoms with Gasteiger partial charge in [-0.05, 0) is 17.3 Å².